The van der Waals surface area contributed by atoms with E-state index in [0.717, 1.165) is 13.0 Å². The van der Waals surface area contributed by atoms with E-state index in [9.17, 15) is 10.2 Å². The summed E-state index contributed by atoms with van der Waals surface area (Å²) in [6.45, 7) is 4.03. The molecule has 2 N–H and O–H groups in total. The van der Waals surface area contributed by atoms with Crippen LogP contribution in [0.25, 0.3) is 0 Å². The predicted octanol–water partition coefficient (Wildman–Crippen LogP) is 0.143. The van der Waals surface area contributed by atoms with Crippen LogP contribution in [0.4, 0.5) is 0 Å². The molecule has 0 bridgehead atoms. The van der Waals surface area contributed by atoms with E-state index in [1.807, 2.05) is 7.05 Å². The average Bonchev–Trinajstić information content (AvgIpc) is 2.61. The Bertz CT molecular complexity index is 262. The largest absolute Gasteiger partial charge is 0.392 e. The Morgan fingerprint density at radius 1 is 1.24 bits per heavy atom. The molecule has 0 saturated carbocycles. The SMILES string of the molecule is CC1C(C(O)[C@@H]2C[C@@H](O)CN2C)CCCN1C. The molecule has 4 heteroatoms. The summed E-state index contributed by atoms with van der Waals surface area (Å²) in [5.41, 5.74) is 0. The standard InChI is InChI=1S/C13H26N2O2/c1-9-11(5-4-6-14(9)2)13(17)12-7-10(16)8-15(12)3/h9-13,16-17H,4-8H2,1-3H3/t9?,10-,11?,12+,13?/m1/s1. The van der Waals surface area contributed by atoms with Gasteiger partial charge >= 0.3 is 0 Å². The van der Waals surface area contributed by atoms with Gasteiger partial charge in [0.25, 0.3) is 0 Å². The lowest BCUT2D eigenvalue weighted by atomic mass is 9.82. The first-order valence-electron chi connectivity index (χ1n) is 6.77. The second-order valence-electron chi connectivity index (χ2n) is 5.91. The van der Waals surface area contributed by atoms with Crippen molar-refractivity contribution in [3.05, 3.63) is 0 Å². The Morgan fingerprint density at radius 2 is 1.94 bits per heavy atom. The van der Waals surface area contributed by atoms with Gasteiger partial charge in [-0.3, -0.25) is 4.90 Å². The van der Waals surface area contributed by atoms with E-state index in [2.05, 4.69) is 23.8 Å². The second kappa shape index (κ2) is 5.22. The molecule has 0 aromatic heterocycles. The van der Waals surface area contributed by atoms with Gasteiger partial charge in [-0.15, -0.1) is 0 Å². The maximum absolute atomic E-state index is 10.6. The van der Waals surface area contributed by atoms with Gasteiger partial charge in [-0.25, -0.2) is 0 Å². The lowest BCUT2D eigenvalue weighted by Crippen LogP contribution is -2.51. The van der Waals surface area contributed by atoms with E-state index in [1.54, 1.807) is 0 Å². The Kier molecular flexibility index (Phi) is 4.08. The second-order valence-corrected chi connectivity index (χ2v) is 5.91. The van der Waals surface area contributed by atoms with Gasteiger partial charge in [0.2, 0.25) is 0 Å². The molecule has 3 unspecified atom stereocenters. The highest BCUT2D eigenvalue weighted by Crippen LogP contribution is 2.31. The maximum atomic E-state index is 10.6. The first-order valence-corrected chi connectivity index (χ1v) is 6.77. The predicted molar refractivity (Wildman–Crippen MR) is 67.9 cm³/mol. The number of piperidine rings is 1. The van der Waals surface area contributed by atoms with Crippen molar-refractivity contribution < 1.29 is 10.2 Å². The van der Waals surface area contributed by atoms with Crippen molar-refractivity contribution in [2.24, 2.45) is 5.92 Å². The first kappa shape index (κ1) is 13.3. The van der Waals surface area contributed by atoms with Crippen LogP contribution >= 0.6 is 0 Å². The molecule has 2 aliphatic heterocycles. The van der Waals surface area contributed by atoms with Gasteiger partial charge in [0.15, 0.2) is 0 Å². The van der Waals surface area contributed by atoms with Crippen molar-refractivity contribution in [1.29, 1.82) is 0 Å². The third-order valence-electron chi connectivity index (χ3n) is 4.77. The molecule has 2 saturated heterocycles. The summed E-state index contributed by atoms with van der Waals surface area (Å²) in [5.74, 6) is 0.339. The number of likely N-dealkylation sites (tertiary alicyclic amines) is 2. The number of hydrogen-bond donors (Lipinski definition) is 2. The highest BCUT2D eigenvalue weighted by atomic mass is 16.3. The van der Waals surface area contributed by atoms with Gasteiger partial charge in [-0.2, -0.15) is 0 Å². The minimum Gasteiger partial charge on any atom is -0.392 e. The number of likely N-dealkylation sites (N-methyl/N-ethyl adjacent to an activating group) is 1. The van der Waals surface area contributed by atoms with E-state index in [-0.39, 0.29) is 18.2 Å². The summed E-state index contributed by atoms with van der Waals surface area (Å²) < 4.78 is 0. The van der Waals surface area contributed by atoms with Crippen LogP contribution in [-0.2, 0) is 0 Å². The molecule has 0 radical (unpaired) electrons. The van der Waals surface area contributed by atoms with E-state index >= 15 is 0 Å². The smallest absolute Gasteiger partial charge is 0.0739 e. The van der Waals surface area contributed by atoms with Gasteiger partial charge in [0.1, 0.15) is 0 Å². The monoisotopic (exact) mass is 242 g/mol. The van der Waals surface area contributed by atoms with Crippen LogP contribution in [0.2, 0.25) is 0 Å². The van der Waals surface area contributed by atoms with Crippen molar-refractivity contribution in [2.75, 3.05) is 27.2 Å². The third kappa shape index (κ3) is 2.65. The molecule has 0 spiro atoms. The fourth-order valence-corrected chi connectivity index (χ4v) is 3.49. The lowest BCUT2D eigenvalue weighted by Gasteiger charge is -2.42. The minimum atomic E-state index is -0.310. The molecular formula is C13H26N2O2. The Balaban J connectivity index is 2.01. The average molecular weight is 242 g/mol. The summed E-state index contributed by atoms with van der Waals surface area (Å²) in [4.78, 5) is 4.44. The van der Waals surface area contributed by atoms with Gasteiger partial charge in [-0.1, -0.05) is 0 Å². The van der Waals surface area contributed by atoms with Gasteiger partial charge in [-0.05, 0) is 46.8 Å². The molecule has 2 fully saturated rings. The van der Waals surface area contributed by atoms with Crippen molar-refractivity contribution in [3.8, 4) is 0 Å². The Hall–Kier alpha value is -0.160. The van der Waals surface area contributed by atoms with E-state index in [4.69, 9.17) is 0 Å². The molecule has 0 amide bonds. The Morgan fingerprint density at radius 3 is 2.53 bits per heavy atom. The number of aliphatic hydroxyl groups excluding tert-OH is 2. The van der Waals surface area contributed by atoms with Crippen molar-refractivity contribution >= 4 is 0 Å². The van der Waals surface area contributed by atoms with Crippen molar-refractivity contribution in [3.63, 3.8) is 0 Å². The van der Waals surface area contributed by atoms with Crippen molar-refractivity contribution in [1.82, 2.24) is 9.80 Å². The van der Waals surface area contributed by atoms with Crippen LogP contribution in [-0.4, -0.2) is 71.5 Å². The van der Waals surface area contributed by atoms with Gasteiger partial charge in [0.05, 0.1) is 12.2 Å². The number of nitrogens with zero attached hydrogens (tertiary/aromatic N) is 2. The highest BCUT2D eigenvalue weighted by Gasteiger charge is 2.40. The fraction of sp³-hybridized carbons (Fsp3) is 1.00. The zero-order valence-electron chi connectivity index (χ0n) is 11.2. The summed E-state index contributed by atoms with van der Waals surface area (Å²) >= 11 is 0. The highest BCUT2D eigenvalue weighted by molar-refractivity contribution is 4.94. The summed E-state index contributed by atoms with van der Waals surface area (Å²) in [6, 6.07) is 0.564. The summed E-state index contributed by atoms with van der Waals surface area (Å²) in [7, 11) is 4.14. The molecule has 2 rings (SSSR count). The van der Waals surface area contributed by atoms with Gasteiger partial charge in [0, 0.05) is 24.5 Å². The number of hydrogen-bond acceptors (Lipinski definition) is 4. The molecule has 0 aliphatic carbocycles. The van der Waals surface area contributed by atoms with Crippen LogP contribution in [0.15, 0.2) is 0 Å². The van der Waals surface area contributed by atoms with Crippen LogP contribution < -0.4 is 0 Å². The molecule has 17 heavy (non-hydrogen) atoms. The van der Waals surface area contributed by atoms with E-state index < -0.39 is 0 Å². The van der Waals surface area contributed by atoms with Gasteiger partial charge < -0.3 is 15.1 Å². The van der Waals surface area contributed by atoms with E-state index in [1.165, 1.54) is 6.42 Å². The molecule has 4 nitrogen and oxygen atoms in total. The normalized spacial score (nSPS) is 42.9. The zero-order valence-corrected chi connectivity index (χ0v) is 11.2. The lowest BCUT2D eigenvalue weighted by molar-refractivity contribution is -0.0172. The fourth-order valence-electron chi connectivity index (χ4n) is 3.49. The zero-order chi connectivity index (χ0) is 12.6. The number of aliphatic hydroxyl groups is 2. The number of β-amino-alcohol motifs (C(OH)–C–C–N with tert-alkyl or cyclic N) is 1. The minimum absolute atomic E-state index is 0.129. The van der Waals surface area contributed by atoms with E-state index in [0.29, 0.717) is 24.9 Å². The molecule has 5 atom stereocenters. The van der Waals surface area contributed by atoms with Crippen molar-refractivity contribution in [2.45, 2.75) is 50.5 Å². The summed E-state index contributed by atoms with van der Waals surface area (Å²) in [6.07, 6.45) is 2.41. The summed E-state index contributed by atoms with van der Waals surface area (Å²) in [5, 5.41) is 20.2. The molecular weight excluding hydrogens is 216 g/mol. The topological polar surface area (TPSA) is 46.9 Å². The molecule has 100 valence electrons. The molecule has 0 aromatic carbocycles. The molecule has 2 heterocycles. The first-order chi connectivity index (χ1) is 8.00. The number of rotatable bonds is 2. The quantitative estimate of drug-likeness (QED) is 0.723. The van der Waals surface area contributed by atoms with Crippen LogP contribution in [0.5, 0.6) is 0 Å². The Labute approximate surface area is 104 Å². The van der Waals surface area contributed by atoms with Crippen LogP contribution in [0.3, 0.4) is 0 Å². The third-order valence-corrected chi connectivity index (χ3v) is 4.77. The van der Waals surface area contributed by atoms with Crippen LogP contribution in [0, 0.1) is 5.92 Å². The molecule has 2 aliphatic rings. The molecule has 0 aromatic rings. The maximum Gasteiger partial charge on any atom is 0.0739 e. The van der Waals surface area contributed by atoms with Crippen LogP contribution in [0.1, 0.15) is 26.2 Å².